The average Bonchev–Trinajstić information content (AvgIpc) is 2.59. The van der Waals surface area contributed by atoms with Gasteiger partial charge in [0.15, 0.2) is 11.6 Å². The topological polar surface area (TPSA) is 46.5 Å². The number of ether oxygens (including phenoxy) is 1. The highest BCUT2D eigenvalue weighted by Gasteiger charge is 2.09. The number of benzene rings is 2. The van der Waals surface area contributed by atoms with Gasteiger partial charge < -0.3 is 9.84 Å². The van der Waals surface area contributed by atoms with Gasteiger partial charge in [-0.3, -0.25) is 0 Å². The van der Waals surface area contributed by atoms with Crippen molar-refractivity contribution in [2.75, 3.05) is 7.11 Å². The number of methoxy groups -OCH3 is 1. The SMILES string of the molecule is COc1cc([C@@H](C)CCC#Cc2ccc(C(=O)O)cc2)ccc1F. The Hall–Kier alpha value is -2.80. The second-order valence-corrected chi connectivity index (χ2v) is 5.52. The molecule has 0 amide bonds. The maximum absolute atomic E-state index is 13.4. The molecule has 1 atom stereocenters. The van der Waals surface area contributed by atoms with Crippen LogP contribution in [0.2, 0.25) is 0 Å². The van der Waals surface area contributed by atoms with Crippen molar-refractivity contribution in [2.24, 2.45) is 0 Å². The Morgan fingerprint density at radius 2 is 1.96 bits per heavy atom. The molecule has 2 aromatic carbocycles. The van der Waals surface area contributed by atoms with Crippen LogP contribution in [0.1, 0.15) is 47.2 Å². The van der Waals surface area contributed by atoms with E-state index >= 15 is 0 Å². The molecular formula is C20H19FO3. The zero-order valence-corrected chi connectivity index (χ0v) is 13.7. The molecule has 0 unspecified atom stereocenters. The average molecular weight is 326 g/mol. The van der Waals surface area contributed by atoms with Gasteiger partial charge in [0, 0.05) is 12.0 Å². The first-order valence-corrected chi connectivity index (χ1v) is 7.67. The van der Waals surface area contributed by atoms with Gasteiger partial charge in [0.05, 0.1) is 12.7 Å². The third kappa shape index (κ3) is 4.60. The van der Waals surface area contributed by atoms with Crippen molar-refractivity contribution in [1.29, 1.82) is 0 Å². The van der Waals surface area contributed by atoms with Gasteiger partial charge in [-0.1, -0.05) is 24.8 Å². The normalized spacial score (nSPS) is 11.3. The van der Waals surface area contributed by atoms with Crippen LogP contribution in [0.4, 0.5) is 4.39 Å². The quantitative estimate of drug-likeness (QED) is 0.825. The zero-order valence-electron chi connectivity index (χ0n) is 13.7. The second kappa shape index (κ2) is 8.16. The van der Waals surface area contributed by atoms with Crippen LogP contribution in [0.5, 0.6) is 5.75 Å². The summed E-state index contributed by atoms with van der Waals surface area (Å²) in [5, 5.41) is 8.85. The van der Waals surface area contributed by atoms with Crippen LogP contribution in [0.25, 0.3) is 0 Å². The van der Waals surface area contributed by atoms with E-state index < -0.39 is 5.97 Å². The third-order valence-electron chi connectivity index (χ3n) is 3.81. The molecule has 0 aromatic heterocycles. The molecule has 4 heteroatoms. The summed E-state index contributed by atoms with van der Waals surface area (Å²) in [7, 11) is 1.45. The molecule has 0 aliphatic carbocycles. The molecule has 0 saturated carbocycles. The molecule has 1 N–H and O–H groups in total. The summed E-state index contributed by atoms with van der Waals surface area (Å²) < 4.78 is 18.4. The van der Waals surface area contributed by atoms with E-state index in [4.69, 9.17) is 9.84 Å². The lowest BCUT2D eigenvalue weighted by Gasteiger charge is -2.11. The predicted octanol–water partition coefficient (Wildman–Crippen LogP) is 4.47. The Balaban J connectivity index is 1.93. The van der Waals surface area contributed by atoms with Gasteiger partial charge in [-0.2, -0.15) is 0 Å². The maximum atomic E-state index is 13.4. The summed E-state index contributed by atoms with van der Waals surface area (Å²) in [5.41, 5.74) is 2.05. The van der Waals surface area contributed by atoms with Crippen molar-refractivity contribution in [3.8, 4) is 17.6 Å². The molecule has 0 radical (unpaired) electrons. The number of halogens is 1. The number of aromatic carboxylic acids is 1. The smallest absolute Gasteiger partial charge is 0.335 e. The summed E-state index contributed by atoms with van der Waals surface area (Å²) >= 11 is 0. The molecule has 2 aromatic rings. The van der Waals surface area contributed by atoms with Crippen LogP contribution in [-0.2, 0) is 0 Å². The van der Waals surface area contributed by atoms with Crippen LogP contribution >= 0.6 is 0 Å². The molecule has 0 fully saturated rings. The van der Waals surface area contributed by atoms with E-state index in [0.29, 0.717) is 6.42 Å². The Morgan fingerprint density at radius 1 is 1.25 bits per heavy atom. The van der Waals surface area contributed by atoms with E-state index in [0.717, 1.165) is 17.5 Å². The fourth-order valence-corrected chi connectivity index (χ4v) is 2.30. The summed E-state index contributed by atoms with van der Waals surface area (Å²) in [6, 6.07) is 11.4. The van der Waals surface area contributed by atoms with Crippen molar-refractivity contribution in [2.45, 2.75) is 25.7 Å². The molecular weight excluding hydrogens is 307 g/mol. The Bertz CT molecular complexity index is 770. The van der Waals surface area contributed by atoms with Gasteiger partial charge >= 0.3 is 5.97 Å². The maximum Gasteiger partial charge on any atom is 0.335 e. The first-order chi connectivity index (χ1) is 11.5. The fraction of sp³-hybridized carbons (Fsp3) is 0.250. The van der Waals surface area contributed by atoms with Crippen molar-refractivity contribution in [3.63, 3.8) is 0 Å². The zero-order chi connectivity index (χ0) is 17.5. The summed E-state index contributed by atoms with van der Waals surface area (Å²) in [4.78, 5) is 10.8. The lowest BCUT2D eigenvalue weighted by molar-refractivity contribution is 0.0697. The van der Waals surface area contributed by atoms with Crippen molar-refractivity contribution in [3.05, 3.63) is 65.0 Å². The van der Waals surface area contributed by atoms with E-state index in [1.807, 2.05) is 0 Å². The van der Waals surface area contributed by atoms with E-state index in [1.165, 1.54) is 13.2 Å². The van der Waals surface area contributed by atoms with Gasteiger partial charge in [-0.05, 0) is 54.3 Å². The molecule has 0 heterocycles. The minimum absolute atomic E-state index is 0.239. The Kier molecular flexibility index (Phi) is 5.97. The minimum atomic E-state index is -0.946. The van der Waals surface area contributed by atoms with E-state index in [-0.39, 0.29) is 23.0 Å². The van der Waals surface area contributed by atoms with Gasteiger partial charge in [-0.15, -0.1) is 0 Å². The fourth-order valence-electron chi connectivity index (χ4n) is 2.30. The largest absolute Gasteiger partial charge is 0.494 e. The summed E-state index contributed by atoms with van der Waals surface area (Å²) in [6.07, 6.45) is 1.54. The molecule has 24 heavy (non-hydrogen) atoms. The third-order valence-corrected chi connectivity index (χ3v) is 3.81. The molecule has 0 saturated heterocycles. The second-order valence-electron chi connectivity index (χ2n) is 5.52. The number of hydrogen-bond acceptors (Lipinski definition) is 2. The standard InChI is InChI=1S/C20H19FO3/c1-14(17-11-12-18(21)19(13-17)24-2)5-3-4-6-15-7-9-16(10-8-15)20(22)23/h7-14H,3,5H2,1-2H3,(H,22,23)/t14-/m0/s1. The molecule has 0 aliphatic heterocycles. The first kappa shape index (κ1) is 17.6. The van der Waals surface area contributed by atoms with Gasteiger partial charge in [0.1, 0.15) is 0 Å². The molecule has 2 rings (SSSR count). The monoisotopic (exact) mass is 326 g/mol. The highest BCUT2D eigenvalue weighted by molar-refractivity contribution is 5.87. The van der Waals surface area contributed by atoms with Crippen molar-refractivity contribution >= 4 is 5.97 Å². The summed E-state index contributed by atoms with van der Waals surface area (Å²) in [6.45, 7) is 2.07. The number of carboxylic acid groups (broad SMARTS) is 1. The number of carbonyl (C=O) groups is 1. The highest BCUT2D eigenvalue weighted by atomic mass is 19.1. The minimum Gasteiger partial charge on any atom is -0.494 e. The molecule has 0 spiro atoms. The number of hydrogen-bond donors (Lipinski definition) is 1. The molecule has 124 valence electrons. The van der Waals surface area contributed by atoms with E-state index in [1.54, 1.807) is 36.4 Å². The molecule has 0 aliphatic rings. The van der Waals surface area contributed by atoms with Crippen molar-refractivity contribution in [1.82, 2.24) is 0 Å². The van der Waals surface area contributed by atoms with Crippen molar-refractivity contribution < 1.29 is 19.0 Å². The Morgan fingerprint density at radius 3 is 2.58 bits per heavy atom. The summed E-state index contributed by atoms with van der Waals surface area (Å²) in [5.74, 6) is 5.29. The van der Waals surface area contributed by atoms with Crippen LogP contribution in [0.3, 0.4) is 0 Å². The van der Waals surface area contributed by atoms with E-state index in [2.05, 4.69) is 18.8 Å². The Labute approximate surface area is 141 Å². The van der Waals surface area contributed by atoms with Gasteiger partial charge in [0.25, 0.3) is 0 Å². The first-order valence-electron chi connectivity index (χ1n) is 7.67. The van der Waals surface area contributed by atoms with E-state index in [9.17, 15) is 9.18 Å². The molecule has 3 nitrogen and oxygen atoms in total. The number of carboxylic acids is 1. The van der Waals surface area contributed by atoms with Gasteiger partial charge in [0.2, 0.25) is 0 Å². The van der Waals surface area contributed by atoms with Crippen LogP contribution in [0, 0.1) is 17.7 Å². The molecule has 0 bridgehead atoms. The van der Waals surface area contributed by atoms with Crippen LogP contribution < -0.4 is 4.74 Å². The predicted molar refractivity (Wildman–Crippen MR) is 90.9 cm³/mol. The number of rotatable bonds is 5. The van der Waals surface area contributed by atoms with Gasteiger partial charge in [-0.25, -0.2) is 9.18 Å². The lowest BCUT2D eigenvalue weighted by atomic mass is 9.96. The van der Waals surface area contributed by atoms with Crippen LogP contribution in [0.15, 0.2) is 42.5 Å². The lowest BCUT2D eigenvalue weighted by Crippen LogP contribution is -1.96. The highest BCUT2D eigenvalue weighted by Crippen LogP contribution is 2.26. The van der Waals surface area contributed by atoms with Crippen LogP contribution in [-0.4, -0.2) is 18.2 Å².